The normalized spacial score (nSPS) is 10.9. The minimum absolute atomic E-state index is 0.309. The largest absolute Gasteiger partial charge is 0.317 e. The summed E-state index contributed by atoms with van der Waals surface area (Å²) in [7, 11) is 0. The molecule has 6 aromatic carbocycles. The molecule has 48 heavy (non-hydrogen) atoms. The first-order valence-corrected chi connectivity index (χ1v) is 16.0. The zero-order valence-electron chi connectivity index (χ0n) is 27.4. The zero-order valence-corrected chi connectivity index (χ0v) is 27.4. The predicted molar refractivity (Wildman–Crippen MR) is 198 cm³/mol. The fourth-order valence-electron chi connectivity index (χ4n) is 5.53. The summed E-state index contributed by atoms with van der Waals surface area (Å²) in [5, 5.41) is 0. The second kappa shape index (κ2) is 14.7. The van der Waals surface area contributed by atoms with Crippen molar-refractivity contribution in [2.75, 3.05) is 4.90 Å². The van der Waals surface area contributed by atoms with E-state index in [1.165, 1.54) is 46.5 Å². The number of hydrogen-bond donors (Lipinski definition) is 0. The van der Waals surface area contributed by atoms with Gasteiger partial charge in [0.1, 0.15) is 11.6 Å². The van der Waals surface area contributed by atoms with Gasteiger partial charge in [-0.25, -0.2) is 8.78 Å². The third kappa shape index (κ3) is 7.94. The van der Waals surface area contributed by atoms with Crippen LogP contribution < -0.4 is 4.90 Å². The summed E-state index contributed by atoms with van der Waals surface area (Å²) in [5.74, 6) is -0.619. The fraction of sp³-hybridized carbons (Fsp3) is 0.0667. The molecule has 0 aromatic heterocycles. The molecule has 0 N–H and O–H groups in total. The minimum Gasteiger partial charge on any atom is -0.317 e. The highest BCUT2D eigenvalue weighted by atomic mass is 19.1. The number of hydrogen-bond acceptors (Lipinski definition) is 1. The molecule has 0 fully saturated rings. The third-order valence-electron chi connectivity index (χ3n) is 8.33. The molecule has 0 unspecified atom stereocenters. The van der Waals surface area contributed by atoms with E-state index in [9.17, 15) is 8.78 Å². The standard InChI is InChI=1S/C45H37F2N/c1-32-7-15-36(16-8-32)44(37-17-9-33(2)10-18-37)6-4-5-35-13-29-43(30-14-35)48(42-27-11-34(3)12-28-42)31-45(38-19-23-40(46)24-20-38)39-21-25-41(47)26-22-39/h4-31H,1-3H3. The van der Waals surface area contributed by atoms with E-state index < -0.39 is 0 Å². The summed E-state index contributed by atoms with van der Waals surface area (Å²) in [6, 6.07) is 46.7. The first-order valence-electron chi connectivity index (χ1n) is 16.0. The molecule has 0 aliphatic rings. The van der Waals surface area contributed by atoms with Gasteiger partial charge in [-0.05, 0) is 103 Å². The van der Waals surface area contributed by atoms with Gasteiger partial charge >= 0.3 is 0 Å². The van der Waals surface area contributed by atoms with Gasteiger partial charge in [0.15, 0.2) is 0 Å². The smallest absolute Gasteiger partial charge is 0.123 e. The fourth-order valence-corrected chi connectivity index (χ4v) is 5.53. The highest BCUT2D eigenvalue weighted by Gasteiger charge is 2.13. The van der Waals surface area contributed by atoms with Crippen LogP contribution >= 0.6 is 0 Å². The van der Waals surface area contributed by atoms with E-state index in [0.29, 0.717) is 0 Å². The molecule has 0 amide bonds. The van der Waals surface area contributed by atoms with Crippen molar-refractivity contribution in [2.45, 2.75) is 20.8 Å². The maximum absolute atomic E-state index is 13.9. The van der Waals surface area contributed by atoms with Crippen LogP contribution in [0.4, 0.5) is 20.2 Å². The SMILES string of the molecule is Cc1ccc(C(=CC=Cc2ccc(N(C=C(c3ccc(F)cc3)c3ccc(F)cc3)c3ccc(C)cc3)cc2)c2ccc(C)cc2)cc1. The van der Waals surface area contributed by atoms with Gasteiger partial charge in [0, 0.05) is 23.1 Å². The Morgan fingerprint density at radius 1 is 0.438 bits per heavy atom. The Morgan fingerprint density at radius 2 is 0.792 bits per heavy atom. The highest BCUT2D eigenvalue weighted by molar-refractivity contribution is 5.84. The van der Waals surface area contributed by atoms with Gasteiger partial charge in [-0.15, -0.1) is 0 Å². The molecule has 6 rings (SSSR count). The lowest BCUT2D eigenvalue weighted by Crippen LogP contribution is -2.10. The van der Waals surface area contributed by atoms with Crippen LogP contribution in [-0.4, -0.2) is 0 Å². The maximum atomic E-state index is 13.9. The molecule has 0 spiro atoms. The summed E-state index contributed by atoms with van der Waals surface area (Å²) in [6.07, 6.45) is 8.42. The Bertz CT molecular complexity index is 1950. The monoisotopic (exact) mass is 629 g/mol. The van der Waals surface area contributed by atoms with Crippen molar-refractivity contribution >= 4 is 28.6 Å². The Kier molecular flexibility index (Phi) is 9.88. The van der Waals surface area contributed by atoms with Crippen LogP contribution in [-0.2, 0) is 0 Å². The van der Waals surface area contributed by atoms with Gasteiger partial charge in [-0.2, -0.15) is 0 Å². The van der Waals surface area contributed by atoms with E-state index in [-0.39, 0.29) is 11.6 Å². The summed E-state index contributed by atoms with van der Waals surface area (Å²) >= 11 is 0. The van der Waals surface area contributed by atoms with Crippen molar-refractivity contribution in [3.63, 3.8) is 0 Å². The molecule has 0 aliphatic carbocycles. The van der Waals surface area contributed by atoms with Crippen LogP contribution in [0.1, 0.15) is 44.5 Å². The van der Waals surface area contributed by atoms with Crippen molar-refractivity contribution < 1.29 is 8.78 Å². The number of nitrogens with zero attached hydrogens (tertiary/aromatic N) is 1. The second-order valence-corrected chi connectivity index (χ2v) is 12.0. The van der Waals surface area contributed by atoms with Gasteiger partial charge in [0.05, 0.1) is 0 Å². The molecule has 0 saturated heterocycles. The molecule has 236 valence electrons. The molecule has 0 radical (unpaired) electrons. The number of allylic oxidation sites excluding steroid dienone is 2. The predicted octanol–water partition coefficient (Wildman–Crippen LogP) is 12.3. The number of benzene rings is 6. The first kappa shape index (κ1) is 32.2. The molecule has 6 aromatic rings. The quantitative estimate of drug-likeness (QED) is 0.144. The van der Waals surface area contributed by atoms with Gasteiger partial charge in [-0.3, -0.25) is 0 Å². The minimum atomic E-state index is -0.309. The van der Waals surface area contributed by atoms with Crippen LogP contribution in [0.5, 0.6) is 0 Å². The number of anilines is 2. The van der Waals surface area contributed by atoms with E-state index in [0.717, 1.165) is 44.8 Å². The molecule has 0 atom stereocenters. The Hall–Kier alpha value is -5.80. The van der Waals surface area contributed by atoms with Crippen LogP contribution in [0.2, 0.25) is 0 Å². The molecule has 0 aliphatic heterocycles. The summed E-state index contributed by atoms with van der Waals surface area (Å²) in [5.41, 5.74) is 12.6. The average Bonchev–Trinajstić information content (AvgIpc) is 3.10. The van der Waals surface area contributed by atoms with Crippen molar-refractivity contribution in [2.24, 2.45) is 0 Å². The molecule has 0 bridgehead atoms. The van der Waals surface area contributed by atoms with E-state index in [2.05, 4.69) is 141 Å². The molecule has 3 heteroatoms. The van der Waals surface area contributed by atoms with Crippen molar-refractivity contribution in [3.8, 4) is 0 Å². The van der Waals surface area contributed by atoms with Gasteiger partial charge in [0.2, 0.25) is 0 Å². The number of aryl methyl sites for hydroxylation is 3. The van der Waals surface area contributed by atoms with Crippen LogP contribution in [0.25, 0.3) is 17.2 Å². The van der Waals surface area contributed by atoms with Crippen LogP contribution in [0.15, 0.2) is 164 Å². The number of halogens is 2. The van der Waals surface area contributed by atoms with Crippen LogP contribution in [0.3, 0.4) is 0 Å². The third-order valence-corrected chi connectivity index (χ3v) is 8.33. The Balaban J connectivity index is 1.36. The second-order valence-electron chi connectivity index (χ2n) is 12.0. The van der Waals surface area contributed by atoms with E-state index in [4.69, 9.17) is 0 Å². The lowest BCUT2D eigenvalue weighted by molar-refractivity contribution is 0.627. The Morgan fingerprint density at radius 3 is 1.23 bits per heavy atom. The van der Waals surface area contributed by atoms with E-state index in [1.807, 2.05) is 6.20 Å². The Labute approximate surface area is 282 Å². The summed E-state index contributed by atoms with van der Waals surface area (Å²) in [4.78, 5) is 2.11. The highest BCUT2D eigenvalue weighted by Crippen LogP contribution is 2.32. The average molecular weight is 630 g/mol. The number of rotatable bonds is 9. The first-order chi connectivity index (χ1) is 23.3. The topological polar surface area (TPSA) is 3.24 Å². The lowest BCUT2D eigenvalue weighted by atomic mass is 9.96. The van der Waals surface area contributed by atoms with Gasteiger partial charge in [0.25, 0.3) is 0 Å². The van der Waals surface area contributed by atoms with Crippen molar-refractivity contribution in [3.05, 3.63) is 220 Å². The lowest BCUT2D eigenvalue weighted by Gasteiger charge is -2.24. The molecule has 1 nitrogen and oxygen atoms in total. The van der Waals surface area contributed by atoms with Crippen LogP contribution in [0, 0.1) is 32.4 Å². The summed E-state index contributed by atoms with van der Waals surface area (Å²) < 4.78 is 27.8. The maximum Gasteiger partial charge on any atom is 0.123 e. The molecule has 0 heterocycles. The molecular formula is C45H37F2N. The zero-order chi connectivity index (χ0) is 33.5. The van der Waals surface area contributed by atoms with E-state index in [1.54, 1.807) is 24.3 Å². The molecular weight excluding hydrogens is 592 g/mol. The van der Waals surface area contributed by atoms with Gasteiger partial charge in [-0.1, -0.05) is 132 Å². The molecule has 0 saturated carbocycles. The van der Waals surface area contributed by atoms with Gasteiger partial charge < -0.3 is 4.90 Å². The van der Waals surface area contributed by atoms with E-state index >= 15 is 0 Å². The van der Waals surface area contributed by atoms with Crippen molar-refractivity contribution in [1.29, 1.82) is 0 Å². The van der Waals surface area contributed by atoms with Crippen molar-refractivity contribution in [1.82, 2.24) is 0 Å². The summed E-state index contributed by atoms with van der Waals surface area (Å²) in [6.45, 7) is 6.26.